The van der Waals surface area contributed by atoms with Crippen LogP contribution in [0.5, 0.6) is 0 Å². The summed E-state index contributed by atoms with van der Waals surface area (Å²) in [4.78, 5) is 9.62. The highest BCUT2D eigenvalue weighted by Gasteiger charge is 2.46. The van der Waals surface area contributed by atoms with E-state index < -0.39 is 5.60 Å². The third-order valence-electron chi connectivity index (χ3n) is 6.38. The summed E-state index contributed by atoms with van der Waals surface area (Å²) in [5.74, 6) is 0.983. The number of nitrogens with zero attached hydrogens (tertiary/aromatic N) is 3. The van der Waals surface area contributed by atoms with Gasteiger partial charge in [0.1, 0.15) is 11.4 Å². The molecule has 2 atom stereocenters. The van der Waals surface area contributed by atoms with Crippen LogP contribution in [-0.4, -0.2) is 60.4 Å². The smallest absolute Gasteiger partial charge is 0.129 e. The van der Waals surface area contributed by atoms with Gasteiger partial charge < -0.3 is 14.7 Å². The number of morpholine rings is 1. The fraction of sp³-hybridized carbons (Fsp3) is 0.375. The number of para-hydroxylation sites is 1. The number of aromatic nitrogens is 1. The topological polar surface area (TPSA) is 48.8 Å². The second-order valence-electron chi connectivity index (χ2n) is 8.01. The van der Waals surface area contributed by atoms with Crippen molar-refractivity contribution in [2.75, 3.05) is 44.3 Å². The molecule has 0 unspecified atom stereocenters. The van der Waals surface area contributed by atoms with Gasteiger partial charge in [0, 0.05) is 31.6 Å². The second kappa shape index (κ2) is 7.75. The summed E-state index contributed by atoms with van der Waals surface area (Å²) >= 11 is 0. The molecule has 3 aromatic rings. The van der Waals surface area contributed by atoms with Gasteiger partial charge in [-0.3, -0.25) is 4.90 Å². The van der Waals surface area contributed by atoms with Crippen molar-refractivity contribution >= 4 is 16.7 Å². The van der Waals surface area contributed by atoms with Crippen molar-refractivity contribution < 1.29 is 9.84 Å². The summed E-state index contributed by atoms with van der Waals surface area (Å²) < 4.78 is 5.57. The maximum atomic E-state index is 11.9. The zero-order valence-corrected chi connectivity index (χ0v) is 16.6. The first-order chi connectivity index (χ1) is 14.2. The molecule has 5 nitrogen and oxygen atoms in total. The molecular weight excluding hydrogens is 362 g/mol. The molecule has 0 bridgehead atoms. The van der Waals surface area contributed by atoms with Gasteiger partial charge >= 0.3 is 0 Å². The summed E-state index contributed by atoms with van der Waals surface area (Å²) in [7, 11) is 0. The van der Waals surface area contributed by atoms with E-state index in [1.807, 2.05) is 30.3 Å². The first kappa shape index (κ1) is 18.6. The van der Waals surface area contributed by atoms with Crippen molar-refractivity contribution in [1.82, 2.24) is 9.88 Å². The highest BCUT2D eigenvalue weighted by atomic mass is 16.5. The van der Waals surface area contributed by atoms with Gasteiger partial charge in [0.2, 0.25) is 0 Å². The molecule has 2 fully saturated rings. The summed E-state index contributed by atoms with van der Waals surface area (Å²) in [6.45, 7) is 4.65. The number of anilines is 1. The molecule has 0 radical (unpaired) electrons. The molecule has 0 spiro atoms. The summed E-state index contributed by atoms with van der Waals surface area (Å²) in [5, 5.41) is 13.0. The highest BCUT2D eigenvalue weighted by molar-refractivity contribution is 5.80. The van der Waals surface area contributed by atoms with Gasteiger partial charge in [-0.05, 0) is 30.2 Å². The van der Waals surface area contributed by atoms with Gasteiger partial charge in [0.25, 0.3) is 0 Å². The number of aliphatic hydroxyl groups is 1. The van der Waals surface area contributed by atoms with Crippen LogP contribution in [0.15, 0.2) is 66.7 Å². The van der Waals surface area contributed by atoms with E-state index in [1.54, 1.807) is 0 Å². The Bertz CT molecular complexity index is 974. The Balaban J connectivity index is 1.48. The number of ether oxygens (including phenoxy) is 1. The fourth-order valence-electron chi connectivity index (χ4n) is 4.73. The Hall–Kier alpha value is -2.47. The van der Waals surface area contributed by atoms with Crippen molar-refractivity contribution in [3.63, 3.8) is 0 Å². The van der Waals surface area contributed by atoms with Crippen molar-refractivity contribution in [2.45, 2.75) is 18.1 Å². The third kappa shape index (κ3) is 3.50. The summed E-state index contributed by atoms with van der Waals surface area (Å²) in [6, 6.07) is 22.6. The maximum Gasteiger partial charge on any atom is 0.129 e. The SMILES string of the molecule is O[C@]1(c2ccccc2)CCN(c2ccc3ccccc3n2)C[C@H]1N1CCOCC1. The Morgan fingerprint density at radius 2 is 1.66 bits per heavy atom. The molecule has 3 heterocycles. The van der Waals surface area contributed by atoms with E-state index in [0.717, 1.165) is 61.7 Å². The van der Waals surface area contributed by atoms with E-state index >= 15 is 0 Å². The predicted molar refractivity (Wildman–Crippen MR) is 115 cm³/mol. The van der Waals surface area contributed by atoms with E-state index in [0.29, 0.717) is 6.42 Å². The van der Waals surface area contributed by atoms with Crippen molar-refractivity contribution in [2.24, 2.45) is 0 Å². The number of piperidine rings is 1. The fourth-order valence-corrected chi connectivity index (χ4v) is 4.73. The number of pyridine rings is 1. The van der Waals surface area contributed by atoms with Gasteiger partial charge in [-0.15, -0.1) is 0 Å². The molecule has 2 aliphatic heterocycles. The van der Waals surface area contributed by atoms with Crippen LogP contribution in [0.2, 0.25) is 0 Å². The van der Waals surface area contributed by atoms with E-state index in [4.69, 9.17) is 9.72 Å². The molecule has 0 amide bonds. The zero-order valence-electron chi connectivity index (χ0n) is 16.6. The molecule has 150 valence electrons. The van der Waals surface area contributed by atoms with E-state index in [1.165, 1.54) is 0 Å². The Labute approximate surface area is 171 Å². The minimum Gasteiger partial charge on any atom is -0.383 e. The minimum absolute atomic E-state index is 0.00387. The maximum absolute atomic E-state index is 11.9. The molecule has 5 rings (SSSR count). The number of benzene rings is 2. The molecule has 1 N–H and O–H groups in total. The van der Waals surface area contributed by atoms with Crippen LogP contribution in [0.25, 0.3) is 10.9 Å². The van der Waals surface area contributed by atoms with Crippen molar-refractivity contribution in [3.05, 3.63) is 72.3 Å². The molecule has 29 heavy (non-hydrogen) atoms. The lowest BCUT2D eigenvalue weighted by molar-refractivity contribution is -0.0911. The Morgan fingerprint density at radius 1 is 0.897 bits per heavy atom. The standard InChI is InChI=1S/C24H27N3O2/c28-24(20-7-2-1-3-8-20)12-13-27(18-22(24)26-14-16-29-17-15-26)23-11-10-19-6-4-5-9-21(19)25-23/h1-11,22,28H,12-18H2/t22-,24+/m1/s1. The van der Waals surface area contributed by atoms with Crippen LogP contribution in [0.4, 0.5) is 5.82 Å². The Kier molecular flexibility index (Phi) is 4.96. The van der Waals surface area contributed by atoms with Crippen molar-refractivity contribution in [1.29, 1.82) is 0 Å². The van der Waals surface area contributed by atoms with Crippen LogP contribution < -0.4 is 4.90 Å². The van der Waals surface area contributed by atoms with Crippen LogP contribution in [-0.2, 0) is 10.3 Å². The Morgan fingerprint density at radius 3 is 2.48 bits per heavy atom. The van der Waals surface area contributed by atoms with Gasteiger partial charge in [-0.25, -0.2) is 4.98 Å². The lowest BCUT2D eigenvalue weighted by atomic mass is 9.79. The first-order valence-corrected chi connectivity index (χ1v) is 10.4. The lowest BCUT2D eigenvalue weighted by Gasteiger charge is -2.50. The predicted octanol–water partition coefficient (Wildman–Crippen LogP) is 3.03. The number of hydrogen-bond acceptors (Lipinski definition) is 5. The molecule has 0 saturated carbocycles. The number of fused-ring (bicyclic) bond motifs is 1. The van der Waals surface area contributed by atoms with Gasteiger partial charge in [0.05, 0.1) is 24.8 Å². The summed E-state index contributed by atoms with van der Waals surface area (Å²) in [5.41, 5.74) is 1.14. The van der Waals surface area contributed by atoms with Crippen LogP contribution in [0.3, 0.4) is 0 Å². The highest BCUT2D eigenvalue weighted by Crippen LogP contribution is 2.37. The monoisotopic (exact) mass is 389 g/mol. The van der Waals surface area contributed by atoms with Gasteiger partial charge in [-0.1, -0.05) is 48.5 Å². The average molecular weight is 389 g/mol. The molecule has 2 saturated heterocycles. The van der Waals surface area contributed by atoms with E-state index in [2.05, 4.69) is 46.2 Å². The largest absolute Gasteiger partial charge is 0.383 e. The third-order valence-corrected chi connectivity index (χ3v) is 6.38. The van der Waals surface area contributed by atoms with Gasteiger partial charge in [0.15, 0.2) is 0 Å². The van der Waals surface area contributed by atoms with Gasteiger partial charge in [-0.2, -0.15) is 0 Å². The molecule has 2 aliphatic rings. The van der Waals surface area contributed by atoms with Crippen molar-refractivity contribution in [3.8, 4) is 0 Å². The van der Waals surface area contributed by atoms with E-state index in [9.17, 15) is 5.11 Å². The zero-order chi connectivity index (χ0) is 19.7. The van der Waals surface area contributed by atoms with Crippen LogP contribution >= 0.6 is 0 Å². The number of hydrogen-bond donors (Lipinski definition) is 1. The quantitative estimate of drug-likeness (QED) is 0.746. The van der Waals surface area contributed by atoms with Crippen LogP contribution in [0, 0.1) is 0 Å². The molecule has 2 aromatic carbocycles. The molecule has 1 aromatic heterocycles. The number of rotatable bonds is 3. The minimum atomic E-state index is -0.869. The summed E-state index contributed by atoms with van der Waals surface area (Å²) in [6.07, 6.45) is 0.674. The van der Waals surface area contributed by atoms with Crippen LogP contribution in [0.1, 0.15) is 12.0 Å². The first-order valence-electron chi connectivity index (χ1n) is 10.4. The van der Waals surface area contributed by atoms with E-state index in [-0.39, 0.29) is 6.04 Å². The normalized spacial score (nSPS) is 26.0. The molecule has 0 aliphatic carbocycles. The average Bonchev–Trinajstić information content (AvgIpc) is 2.80. The molecular formula is C24H27N3O2. The second-order valence-corrected chi connectivity index (χ2v) is 8.01. The lowest BCUT2D eigenvalue weighted by Crippen LogP contribution is -2.62. The molecule has 5 heteroatoms.